The molecule has 4 heteroatoms. The summed E-state index contributed by atoms with van der Waals surface area (Å²) in [5.41, 5.74) is 0. The Bertz CT molecular complexity index is 129. The van der Waals surface area contributed by atoms with Crippen LogP contribution in [0, 0.1) is 0 Å². The van der Waals surface area contributed by atoms with E-state index in [9.17, 15) is 5.11 Å². The van der Waals surface area contributed by atoms with Crippen molar-refractivity contribution in [2.75, 3.05) is 20.7 Å². The number of likely N-dealkylation sites (N-methyl/N-ethyl adjacent to an activating group) is 1. The van der Waals surface area contributed by atoms with Crippen molar-refractivity contribution in [2.45, 2.75) is 24.9 Å². The van der Waals surface area contributed by atoms with Crippen LogP contribution >= 0.6 is 0 Å². The lowest BCUT2D eigenvalue weighted by Crippen LogP contribution is -2.48. The normalized spacial score (nSPS) is 39.5. The SMILES string of the molecule is CN(C)C1C[C@@H](O)OC[C@H]1O. The largest absolute Gasteiger partial charge is 0.389 e. The molecule has 0 aromatic carbocycles. The average molecular weight is 161 g/mol. The van der Waals surface area contributed by atoms with Crippen LogP contribution in [0.25, 0.3) is 0 Å². The van der Waals surface area contributed by atoms with Gasteiger partial charge in [-0.1, -0.05) is 0 Å². The number of rotatable bonds is 1. The number of hydrogen-bond acceptors (Lipinski definition) is 4. The molecule has 0 aromatic rings. The lowest BCUT2D eigenvalue weighted by atomic mass is 10.0. The van der Waals surface area contributed by atoms with Crippen LogP contribution in [0.5, 0.6) is 0 Å². The minimum absolute atomic E-state index is 0.0127. The Morgan fingerprint density at radius 2 is 2.00 bits per heavy atom. The van der Waals surface area contributed by atoms with Gasteiger partial charge in [0.1, 0.15) is 0 Å². The summed E-state index contributed by atoms with van der Waals surface area (Å²) in [6.07, 6.45) is -0.715. The molecule has 0 aromatic heterocycles. The Hall–Kier alpha value is -0.160. The van der Waals surface area contributed by atoms with Gasteiger partial charge in [-0.3, -0.25) is 0 Å². The van der Waals surface area contributed by atoms with Crippen LogP contribution in [-0.2, 0) is 4.74 Å². The van der Waals surface area contributed by atoms with Gasteiger partial charge in [-0.15, -0.1) is 0 Å². The van der Waals surface area contributed by atoms with Crippen LogP contribution < -0.4 is 0 Å². The summed E-state index contributed by atoms with van der Waals surface area (Å²) in [6, 6.07) is 0.0127. The fourth-order valence-electron chi connectivity index (χ4n) is 1.31. The van der Waals surface area contributed by atoms with Gasteiger partial charge in [-0.25, -0.2) is 0 Å². The van der Waals surface area contributed by atoms with E-state index in [0.29, 0.717) is 6.42 Å². The number of nitrogens with zero attached hydrogens (tertiary/aromatic N) is 1. The first kappa shape index (κ1) is 8.93. The van der Waals surface area contributed by atoms with Crippen molar-refractivity contribution in [3.8, 4) is 0 Å². The lowest BCUT2D eigenvalue weighted by molar-refractivity contribution is -0.178. The van der Waals surface area contributed by atoms with E-state index in [1.165, 1.54) is 0 Å². The molecule has 4 nitrogen and oxygen atoms in total. The Morgan fingerprint density at radius 1 is 1.36 bits per heavy atom. The standard InChI is InChI=1S/C7H15NO3/c1-8(2)5-3-7(10)11-4-6(5)9/h5-7,9-10H,3-4H2,1-2H3/t5?,6-,7+/m1/s1. The van der Waals surface area contributed by atoms with Gasteiger partial charge in [0.25, 0.3) is 0 Å². The third-order valence-electron chi connectivity index (χ3n) is 2.01. The minimum atomic E-state index is -0.717. The summed E-state index contributed by atoms with van der Waals surface area (Å²) in [5, 5.41) is 18.5. The monoisotopic (exact) mass is 161 g/mol. The molecule has 1 fully saturated rings. The summed E-state index contributed by atoms with van der Waals surface area (Å²) in [5.74, 6) is 0. The number of hydrogen-bond donors (Lipinski definition) is 2. The third-order valence-corrected chi connectivity index (χ3v) is 2.01. The lowest BCUT2D eigenvalue weighted by Gasteiger charge is -2.35. The van der Waals surface area contributed by atoms with Crippen molar-refractivity contribution in [3.63, 3.8) is 0 Å². The summed E-state index contributed by atoms with van der Waals surface area (Å²) in [7, 11) is 3.76. The van der Waals surface area contributed by atoms with E-state index in [1.807, 2.05) is 19.0 Å². The van der Waals surface area contributed by atoms with E-state index in [2.05, 4.69) is 0 Å². The van der Waals surface area contributed by atoms with Gasteiger partial charge < -0.3 is 19.8 Å². The highest BCUT2D eigenvalue weighted by molar-refractivity contribution is 4.79. The van der Waals surface area contributed by atoms with Gasteiger partial charge in [0.05, 0.1) is 12.7 Å². The molecule has 1 saturated heterocycles. The highest BCUT2D eigenvalue weighted by Gasteiger charge is 2.29. The van der Waals surface area contributed by atoms with E-state index in [4.69, 9.17) is 9.84 Å². The van der Waals surface area contributed by atoms with Gasteiger partial charge in [-0.05, 0) is 14.1 Å². The van der Waals surface area contributed by atoms with E-state index in [0.717, 1.165) is 0 Å². The quantitative estimate of drug-likeness (QED) is 0.519. The molecule has 0 aliphatic carbocycles. The maximum Gasteiger partial charge on any atom is 0.156 e. The van der Waals surface area contributed by atoms with Gasteiger partial charge in [0, 0.05) is 12.5 Å². The summed E-state index contributed by atoms with van der Waals surface area (Å²) < 4.78 is 4.85. The zero-order valence-corrected chi connectivity index (χ0v) is 6.90. The summed E-state index contributed by atoms with van der Waals surface area (Å²) >= 11 is 0. The summed E-state index contributed by atoms with van der Waals surface area (Å²) in [4.78, 5) is 1.90. The van der Waals surface area contributed by atoms with E-state index in [-0.39, 0.29) is 12.6 Å². The van der Waals surface area contributed by atoms with Gasteiger partial charge >= 0.3 is 0 Å². The Kier molecular flexibility index (Phi) is 2.84. The Labute approximate surface area is 66.4 Å². The number of aliphatic hydroxyl groups excluding tert-OH is 2. The topological polar surface area (TPSA) is 52.9 Å². The van der Waals surface area contributed by atoms with Gasteiger partial charge in [0.2, 0.25) is 0 Å². The molecule has 2 N–H and O–H groups in total. The maximum atomic E-state index is 9.38. The first-order valence-electron chi connectivity index (χ1n) is 3.75. The number of aliphatic hydroxyl groups is 2. The zero-order valence-electron chi connectivity index (χ0n) is 6.90. The molecule has 1 unspecified atom stereocenters. The van der Waals surface area contributed by atoms with Gasteiger partial charge in [-0.2, -0.15) is 0 Å². The predicted octanol–water partition coefficient (Wildman–Crippen LogP) is -0.984. The highest BCUT2D eigenvalue weighted by Crippen LogP contribution is 2.15. The molecule has 1 aliphatic heterocycles. The van der Waals surface area contributed by atoms with E-state index < -0.39 is 12.4 Å². The van der Waals surface area contributed by atoms with Crippen molar-refractivity contribution in [1.29, 1.82) is 0 Å². The Morgan fingerprint density at radius 3 is 2.45 bits per heavy atom. The van der Waals surface area contributed by atoms with Gasteiger partial charge in [0.15, 0.2) is 6.29 Å². The highest BCUT2D eigenvalue weighted by atomic mass is 16.6. The molecule has 0 radical (unpaired) electrons. The van der Waals surface area contributed by atoms with Crippen molar-refractivity contribution < 1.29 is 14.9 Å². The smallest absolute Gasteiger partial charge is 0.156 e. The van der Waals surface area contributed by atoms with E-state index in [1.54, 1.807) is 0 Å². The predicted molar refractivity (Wildman–Crippen MR) is 40.1 cm³/mol. The van der Waals surface area contributed by atoms with Crippen molar-refractivity contribution in [1.82, 2.24) is 4.90 Å². The molecular weight excluding hydrogens is 146 g/mol. The Balaban J connectivity index is 2.47. The first-order valence-corrected chi connectivity index (χ1v) is 3.75. The molecule has 1 rings (SSSR count). The molecular formula is C7H15NO3. The van der Waals surface area contributed by atoms with Crippen LogP contribution in [0.15, 0.2) is 0 Å². The molecule has 0 amide bonds. The molecule has 66 valence electrons. The zero-order chi connectivity index (χ0) is 8.43. The molecule has 3 atom stereocenters. The fourth-order valence-corrected chi connectivity index (χ4v) is 1.31. The maximum absolute atomic E-state index is 9.38. The molecule has 0 bridgehead atoms. The minimum Gasteiger partial charge on any atom is -0.389 e. The van der Waals surface area contributed by atoms with Crippen LogP contribution in [0.4, 0.5) is 0 Å². The van der Waals surface area contributed by atoms with Crippen molar-refractivity contribution in [3.05, 3.63) is 0 Å². The molecule has 11 heavy (non-hydrogen) atoms. The van der Waals surface area contributed by atoms with E-state index >= 15 is 0 Å². The first-order chi connectivity index (χ1) is 5.11. The second kappa shape index (κ2) is 3.49. The second-order valence-corrected chi connectivity index (χ2v) is 3.12. The molecule has 1 aliphatic rings. The molecule has 0 saturated carbocycles. The average Bonchev–Trinajstić information content (AvgIpc) is 1.94. The van der Waals surface area contributed by atoms with Crippen LogP contribution in [-0.4, -0.2) is 54.3 Å². The number of ether oxygens (including phenoxy) is 1. The summed E-state index contributed by atoms with van der Waals surface area (Å²) in [6.45, 7) is 0.226. The van der Waals surface area contributed by atoms with Crippen LogP contribution in [0.3, 0.4) is 0 Å². The van der Waals surface area contributed by atoms with Crippen LogP contribution in [0.1, 0.15) is 6.42 Å². The molecule has 1 heterocycles. The van der Waals surface area contributed by atoms with Crippen molar-refractivity contribution in [2.24, 2.45) is 0 Å². The second-order valence-electron chi connectivity index (χ2n) is 3.12. The third kappa shape index (κ3) is 2.13. The van der Waals surface area contributed by atoms with Crippen LogP contribution in [0.2, 0.25) is 0 Å². The van der Waals surface area contributed by atoms with Crippen molar-refractivity contribution >= 4 is 0 Å². The fraction of sp³-hybridized carbons (Fsp3) is 1.00. The molecule has 0 spiro atoms.